The van der Waals surface area contributed by atoms with E-state index >= 15 is 0 Å². The second-order valence-electron chi connectivity index (χ2n) is 10.5. The number of hydrogen-bond acceptors (Lipinski definition) is 8. The van der Waals surface area contributed by atoms with Gasteiger partial charge in [-0.2, -0.15) is 10.1 Å². The number of halogens is 1. The van der Waals surface area contributed by atoms with Crippen molar-refractivity contribution in [1.82, 2.24) is 25.2 Å². The summed E-state index contributed by atoms with van der Waals surface area (Å²) in [6.45, 7) is 8.89. The first-order chi connectivity index (χ1) is 19.2. The van der Waals surface area contributed by atoms with E-state index in [0.29, 0.717) is 48.6 Å². The predicted octanol–water partition coefficient (Wildman–Crippen LogP) is 4.38. The number of ketones is 1. The van der Waals surface area contributed by atoms with Gasteiger partial charge >= 0.3 is 6.01 Å². The van der Waals surface area contributed by atoms with Gasteiger partial charge in [0.15, 0.2) is 5.78 Å². The summed E-state index contributed by atoms with van der Waals surface area (Å²) >= 11 is 6.09. The van der Waals surface area contributed by atoms with Crippen LogP contribution < -0.4 is 10.2 Å². The average Bonchev–Trinajstić information content (AvgIpc) is 3.62. The Balaban J connectivity index is 1.25. The Bertz CT molecular complexity index is 1500. The first-order valence-corrected chi connectivity index (χ1v) is 13.5. The molecule has 0 aliphatic carbocycles. The topological polar surface area (TPSA) is 115 Å². The zero-order chi connectivity index (χ0) is 28.3. The highest BCUT2D eigenvalue weighted by Crippen LogP contribution is 2.24. The first kappa shape index (κ1) is 27.5. The predicted molar refractivity (Wildman–Crippen MR) is 151 cm³/mol. The molecule has 1 aliphatic heterocycles. The monoisotopic (exact) mass is 562 g/mol. The number of ether oxygens (including phenoxy) is 1. The van der Waals surface area contributed by atoms with E-state index in [1.807, 2.05) is 49.9 Å². The fraction of sp³-hybridized carbons (Fsp3) is 0.345. The van der Waals surface area contributed by atoms with Gasteiger partial charge in [-0.15, -0.1) is 0 Å². The van der Waals surface area contributed by atoms with Crippen molar-refractivity contribution in [3.63, 3.8) is 0 Å². The van der Waals surface area contributed by atoms with Gasteiger partial charge in [0, 0.05) is 35.8 Å². The highest BCUT2D eigenvalue weighted by molar-refractivity contribution is 6.31. The molecule has 1 saturated heterocycles. The van der Waals surface area contributed by atoms with Gasteiger partial charge in [0.25, 0.3) is 5.91 Å². The molecule has 1 amide bonds. The number of carbonyl (C=O) groups is 2. The molecule has 0 radical (unpaired) electrons. The third-order valence-electron chi connectivity index (χ3n) is 6.56. The van der Waals surface area contributed by atoms with Crippen LogP contribution in [-0.2, 0) is 16.7 Å². The molecule has 0 unspecified atom stereocenters. The van der Waals surface area contributed by atoms with Crippen LogP contribution in [0.5, 0.6) is 0 Å². The van der Waals surface area contributed by atoms with Gasteiger partial charge in [0.1, 0.15) is 5.69 Å². The first-order valence-electron chi connectivity index (χ1n) is 13.1. The molecule has 1 N–H and O–H groups in total. The Hall–Kier alpha value is -4.02. The van der Waals surface area contributed by atoms with Gasteiger partial charge < -0.3 is 19.5 Å². The number of amides is 1. The molecule has 1 fully saturated rings. The molecule has 2 aromatic carbocycles. The maximum absolute atomic E-state index is 13.4. The van der Waals surface area contributed by atoms with Crippen LogP contribution in [0.1, 0.15) is 52.7 Å². The van der Waals surface area contributed by atoms with Crippen molar-refractivity contribution in [3.8, 4) is 11.4 Å². The second-order valence-corrected chi connectivity index (χ2v) is 11.0. The number of anilines is 1. The van der Waals surface area contributed by atoms with Crippen molar-refractivity contribution in [2.24, 2.45) is 0 Å². The summed E-state index contributed by atoms with van der Waals surface area (Å²) in [5, 5.41) is 11.9. The average molecular weight is 563 g/mol. The Morgan fingerprint density at radius 3 is 2.52 bits per heavy atom. The number of aromatic nitrogens is 4. The number of nitrogens with one attached hydrogen (secondary N) is 1. The van der Waals surface area contributed by atoms with Crippen molar-refractivity contribution in [2.75, 3.05) is 37.7 Å². The van der Waals surface area contributed by atoms with E-state index in [2.05, 4.69) is 20.6 Å². The van der Waals surface area contributed by atoms with E-state index in [0.717, 1.165) is 24.2 Å². The number of nitrogens with zero attached hydrogens (tertiary/aromatic N) is 5. The van der Waals surface area contributed by atoms with E-state index in [-0.39, 0.29) is 22.9 Å². The summed E-state index contributed by atoms with van der Waals surface area (Å²) in [6.07, 6.45) is 2.04. The summed E-state index contributed by atoms with van der Waals surface area (Å²) in [5.41, 5.74) is 2.21. The van der Waals surface area contributed by atoms with Crippen molar-refractivity contribution in [3.05, 3.63) is 82.1 Å². The van der Waals surface area contributed by atoms with Gasteiger partial charge in [-0.3, -0.25) is 14.3 Å². The number of hydrogen-bond donors (Lipinski definition) is 1. The zero-order valence-corrected chi connectivity index (χ0v) is 23.4. The van der Waals surface area contributed by atoms with Crippen molar-refractivity contribution in [1.29, 1.82) is 0 Å². The fourth-order valence-corrected chi connectivity index (χ4v) is 4.66. The van der Waals surface area contributed by atoms with Gasteiger partial charge in [-0.05, 0) is 44.9 Å². The van der Waals surface area contributed by atoms with Crippen LogP contribution in [0.4, 0.5) is 6.01 Å². The third kappa shape index (κ3) is 6.08. The molecule has 40 heavy (non-hydrogen) atoms. The van der Waals surface area contributed by atoms with E-state index in [9.17, 15) is 9.59 Å². The van der Waals surface area contributed by atoms with Crippen molar-refractivity contribution >= 4 is 29.3 Å². The van der Waals surface area contributed by atoms with Crippen LogP contribution in [0, 0.1) is 0 Å². The number of morpholine rings is 1. The lowest BCUT2D eigenvalue weighted by atomic mass is 10.0. The summed E-state index contributed by atoms with van der Waals surface area (Å²) in [7, 11) is 0. The summed E-state index contributed by atoms with van der Waals surface area (Å²) in [5.74, 6) is -0.150. The third-order valence-corrected chi connectivity index (χ3v) is 6.79. The molecule has 3 heterocycles. The quantitative estimate of drug-likeness (QED) is 0.315. The molecule has 0 bridgehead atoms. The van der Waals surface area contributed by atoms with E-state index in [1.165, 1.54) is 6.20 Å². The molecular weight excluding hydrogens is 532 g/mol. The van der Waals surface area contributed by atoms with E-state index in [1.54, 1.807) is 28.9 Å². The number of rotatable bonds is 8. The normalized spacial score (nSPS) is 13.8. The molecule has 0 spiro atoms. The Morgan fingerprint density at radius 2 is 1.82 bits per heavy atom. The lowest BCUT2D eigenvalue weighted by Gasteiger charge is -2.24. The van der Waals surface area contributed by atoms with Gasteiger partial charge in [-0.1, -0.05) is 53.2 Å². The van der Waals surface area contributed by atoms with Crippen LogP contribution in [-0.4, -0.2) is 64.5 Å². The number of benzene rings is 2. The highest BCUT2D eigenvalue weighted by atomic mass is 35.5. The van der Waals surface area contributed by atoms with Crippen LogP contribution in [0.15, 0.2) is 59.3 Å². The Labute approximate surface area is 237 Å². The van der Waals surface area contributed by atoms with Crippen LogP contribution in [0.3, 0.4) is 0 Å². The highest BCUT2D eigenvalue weighted by Gasteiger charge is 2.29. The van der Waals surface area contributed by atoms with Gasteiger partial charge in [0.2, 0.25) is 5.82 Å². The molecule has 1 aliphatic rings. The fourth-order valence-electron chi connectivity index (χ4n) is 4.47. The number of carbonyl (C=O) groups excluding carboxylic acids is 2. The van der Waals surface area contributed by atoms with Crippen molar-refractivity contribution < 1.29 is 18.8 Å². The lowest BCUT2D eigenvalue weighted by Crippen LogP contribution is -2.36. The smallest absolute Gasteiger partial charge is 0.324 e. The molecule has 0 saturated carbocycles. The molecule has 10 nitrogen and oxygen atoms in total. The molecule has 11 heteroatoms. The zero-order valence-electron chi connectivity index (χ0n) is 22.7. The molecule has 5 rings (SSSR count). The standard InChI is InChI=1S/C29H31ClN6O4/c1-29(2,3)36-24(23(18-32-36)25(37)21-5-4-6-22(30)17-21)27(38)31-12-11-19-7-9-20(10-8-19)26-33-28(40-34-26)35-13-15-39-16-14-35/h4-10,17-18H,11-16H2,1-3H3,(H,31,38). The SMILES string of the molecule is CC(C)(C)n1ncc(C(=O)c2cccc(Cl)c2)c1C(=O)NCCc1ccc(-c2noc(N3CCOCC3)n2)cc1. The summed E-state index contributed by atoms with van der Waals surface area (Å²) in [6, 6.07) is 15.0. The molecule has 2 aromatic heterocycles. The van der Waals surface area contributed by atoms with Crippen molar-refractivity contribution in [2.45, 2.75) is 32.7 Å². The minimum atomic E-state index is -0.508. The van der Waals surface area contributed by atoms with Gasteiger partial charge in [-0.25, -0.2) is 0 Å². The van der Waals surface area contributed by atoms with Crippen LogP contribution in [0.2, 0.25) is 5.02 Å². The maximum Gasteiger partial charge on any atom is 0.324 e. The second kappa shape index (κ2) is 11.6. The van der Waals surface area contributed by atoms with E-state index < -0.39 is 5.54 Å². The minimum absolute atomic E-state index is 0.223. The molecule has 0 atom stereocenters. The molecular formula is C29H31ClN6O4. The Morgan fingerprint density at radius 1 is 1.07 bits per heavy atom. The van der Waals surface area contributed by atoms with E-state index in [4.69, 9.17) is 20.9 Å². The maximum atomic E-state index is 13.4. The minimum Gasteiger partial charge on any atom is -0.378 e. The van der Waals surface area contributed by atoms with Crippen LogP contribution >= 0.6 is 11.6 Å². The van der Waals surface area contributed by atoms with Gasteiger partial charge in [0.05, 0.1) is 30.5 Å². The van der Waals surface area contributed by atoms with Crippen LogP contribution in [0.25, 0.3) is 11.4 Å². The molecule has 4 aromatic rings. The summed E-state index contributed by atoms with van der Waals surface area (Å²) < 4.78 is 12.4. The largest absolute Gasteiger partial charge is 0.378 e. The lowest BCUT2D eigenvalue weighted by molar-refractivity contribution is 0.0925. The molecule has 208 valence electrons. The Kier molecular flexibility index (Phi) is 7.99. The summed E-state index contributed by atoms with van der Waals surface area (Å²) in [4.78, 5) is 33.2.